The number of carboxylic acids is 1. The van der Waals surface area contributed by atoms with E-state index in [-0.39, 0.29) is 6.54 Å². The first-order valence-electron chi connectivity index (χ1n) is 5.55. The van der Waals surface area contributed by atoms with Gasteiger partial charge in [0.1, 0.15) is 6.04 Å². The van der Waals surface area contributed by atoms with Crippen LogP contribution in [0.15, 0.2) is 43.0 Å². The fraction of sp³-hybridized carbons (Fsp3) is 0.308. The van der Waals surface area contributed by atoms with E-state index in [1.807, 2.05) is 0 Å². The molecule has 1 aromatic carbocycles. The number of hydrogen-bond donors (Lipinski definition) is 2. The summed E-state index contributed by atoms with van der Waals surface area (Å²) in [7, 11) is 0. The molecular formula is C13H14F3NO2. The smallest absolute Gasteiger partial charge is 0.397 e. The van der Waals surface area contributed by atoms with Gasteiger partial charge < -0.3 is 5.11 Å². The van der Waals surface area contributed by atoms with Gasteiger partial charge in [0.05, 0.1) is 5.92 Å². The van der Waals surface area contributed by atoms with Crippen LogP contribution in [0.4, 0.5) is 13.2 Å². The van der Waals surface area contributed by atoms with Crippen molar-refractivity contribution in [2.45, 2.75) is 18.8 Å². The highest BCUT2D eigenvalue weighted by atomic mass is 19.4. The van der Waals surface area contributed by atoms with Crippen molar-refractivity contribution in [2.24, 2.45) is 5.92 Å². The molecule has 0 fully saturated rings. The Morgan fingerprint density at radius 2 is 1.95 bits per heavy atom. The lowest BCUT2D eigenvalue weighted by molar-refractivity contribution is -0.178. The minimum Gasteiger partial charge on any atom is -0.480 e. The summed E-state index contributed by atoms with van der Waals surface area (Å²) in [4.78, 5) is 11.0. The number of alkyl halides is 3. The highest BCUT2D eigenvalue weighted by Crippen LogP contribution is 2.30. The topological polar surface area (TPSA) is 49.3 Å². The zero-order valence-electron chi connectivity index (χ0n) is 10.0. The van der Waals surface area contributed by atoms with Crippen molar-refractivity contribution in [1.82, 2.24) is 5.32 Å². The first-order chi connectivity index (χ1) is 8.86. The van der Waals surface area contributed by atoms with Crippen LogP contribution in [-0.4, -0.2) is 23.3 Å². The minimum atomic E-state index is -4.64. The van der Waals surface area contributed by atoms with E-state index in [1.165, 1.54) is 0 Å². The maximum Gasteiger partial charge on any atom is 0.397 e. The third-order valence-electron chi connectivity index (χ3n) is 2.63. The second kappa shape index (κ2) is 6.38. The molecule has 0 aliphatic heterocycles. The minimum absolute atomic E-state index is 0.0399. The summed E-state index contributed by atoms with van der Waals surface area (Å²) in [6.45, 7) is 3.10. The Morgan fingerprint density at radius 3 is 2.37 bits per heavy atom. The summed E-state index contributed by atoms with van der Waals surface area (Å²) < 4.78 is 38.0. The number of carbonyl (C=O) groups is 1. The zero-order valence-corrected chi connectivity index (χ0v) is 10.0. The van der Waals surface area contributed by atoms with Crippen LogP contribution in [0.25, 0.3) is 0 Å². The average molecular weight is 273 g/mol. The Bertz CT molecular complexity index is 431. The summed E-state index contributed by atoms with van der Waals surface area (Å²) in [5.41, 5.74) is 0.707. The van der Waals surface area contributed by atoms with Crippen LogP contribution in [0.1, 0.15) is 5.56 Å². The first kappa shape index (κ1) is 15.2. The average Bonchev–Trinajstić information content (AvgIpc) is 2.33. The summed E-state index contributed by atoms with van der Waals surface area (Å²) in [5, 5.41) is 11.3. The standard InChI is InChI=1S/C13H14F3NO2/c1-2-10(13(14,15)16)11(12(18)19)17-8-9-6-4-3-5-7-9/h2-7,10-11,17H,1,8H2,(H,18,19)/t10-,11-/m0/s1. The Balaban J connectivity index is 2.78. The molecule has 0 aliphatic carbocycles. The van der Waals surface area contributed by atoms with Crippen LogP contribution in [0.5, 0.6) is 0 Å². The lowest BCUT2D eigenvalue weighted by Crippen LogP contribution is -2.47. The second-order valence-electron chi connectivity index (χ2n) is 3.99. The SMILES string of the molecule is C=C[C@@H]([C@H](NCc1ccccc1)C(=O)O)C(F)(F)F. The van der Waals surface area contributed by atoms with Gasteiger partial charge in [0.15, 0.2) is 0 Å². The largest absolute Gasteiger partial charge is 0.480 e. The Morgan fingerprint density at radius 1 is 1.37 bits per heavy atom. The van der Waals surface area contributed by atoms with Crippen molar-refractivity contribution < 1.29 is 23.1 Å². The molecule has 0 aliphatic rings. The Kier molecular flexibility index (Phi) is 5.11. The summed E-state index contributed by atoms with van der Waals surface area (Å²) >= 11 is 0. The number of rotatable bonds is 6. The molecule has 0 saturated carbocycles. The third-order valence-corrected chi connectivity index (χ3v) is 2.63. The van der Waals surface area contributed by atoms with E-state index >= 15 is 0 Å². The van der Waals surface area contributed by atoms with Crippen molar-refractivity contribution in [3.8, 4) is 0 Å². The highest BCUT2D eigenvalue weighted by molar-refractivity contribution is 5.74. The Hall–Kier alpha value is -1.82. The number of halogens is 3. The van der Waals surface area contributed by atoms with Gasteiger partial charge in [-0.25, -0.2) is 0 Å². The van der Waals surface area contributed by atoms with Crippen LogP contribution < -0.4 is 5.32 Å². The van der Waals surface area contributed by atoms with Crippen molar-refractivity contribution in [2.75, 3.05) is 0 Å². The lowest BCUT2D eigenvalue weighted by Gasteiger charge is -2.24. The number of nitrogens with one attached hydrogen (secondary N) is 1. The van der Waals surface area contributed by atoms with Gasteiger partial charge in [-0.3, -0.25) is 10.1 Å². The molecule has 1 aromatic rings. The van der Waals surface area contributed by atoms with Gasteiger partial charge in [0.25, 0.3) is 0 Å². The molecule has 0 bridgehead atoms. The van der Waals surface area contributed by atoms with E-state index in [2.05, 4.69) is 11.9 Å². The van der Waals surface area contributed by atoms with Crippen molar-refractivity contribution in [3.05, 3.63) is 48.6 Å². The number of benzene rings is 1. The molecule has 0 radical (unpaired) electrons. The van der Waals surface area contributed by atoms with Gasteiger partial charge in [0.2, 0.25) is 0 Å². The molecule has 19 heavy (non-hydrogen) atoms. The summed E-state index contributed by atoms with van der Waals surface area (Å²) in [5.74, 6) is -3.69. The van der Waals surface area contributed by atoms with Gasteiger partial charge in [-0.1, -0.05) is 36.4 Å². The molecule has 6 heteroatoms. The van der Waals surface area contributed by atoms with Crippen LogP contribution in [0, 0.1) is 5.92 Å². The van der Waals surface area contributed by atoms with Crippen LogP contribution in [0.2, 0.25) is 0 Å². The lowest BCUT2D eigenvalue weighted by atomic mass is 9.99. The van der Waals surface area contributed by atoms with Gasteiger partial charge in [-0.05, 0) is 5.56 Å². The summed E-state index contributed by atoms with van der Waals surface area (Å²) in [6.07, 6.45) is -4.04. The normalized spacial score (nSPS) is 14.7. The predicted octanol–water partition coefficient (Wildman–Crippen LogP) is 2.59. The Labute approximate surface area is 108 Å². The van der Waals surface area contributed by atoms with Crippen LogP contribution in [-0.2, 0) is 11.3 Å². The molecule has 0 amide bonds. The van der Waals surface area contributed by atoms with Crippen molar-refractivity contribution in [3.63, 3.8) is 0 Å². The maximum absolute atomic E-state index is 12.7. The van der Waals surface area contributed by atoms with Crippen molar-refractivity contribution in [1.29, 1.82) is 0 Å². The predicted molar refractivity (Wildman–Crippen MR) is 64.4 cm³/mol. The molecule has 2 atom stereocenters. The van der Waals surface area contributed by atoms with Gasteiger partial charge >= 0.3 is 12.1 Å². The molecule has 0 spiro atoms. The highest BCUT2D eigenvalue weighted by Gasteiger charge is 2.45. The van der Waals surface area contributed by atoms with E-state index in [9.17, 15) is 18.0 Å². The van der Waals surface area contributed by atoms with Gasteiger partial charge in [-0.2, -0.15) is 13.2 Å². The van der Waals surface area contributed by atoms with E-state index in [0.29, 0.717) is 11.6 Å². The second-order valence-corrected chi connectivity index (χ2v) is 3.99. The maximum atomic E-state index is 12.7. The number of hydrogen-bond acceptors (Lipinski definition) is 2. The fourth-order valence-corrected chi connectivity index (χ4v) is 1.65. The van der Waals surface area contributed by atoms with Crippen molar-refractivity contribution >= 4 is 5.97 Å². The first-order valence-corrected chi connectivity index (χ1v) is 5.55. The van der Waals surface area contributed by atoms with E-state index in [0.717, 1.165) is 0 Å². The van der Waals surface area contributed by atoms with Gasteiger partial charge in [-0.15, -0.1) is 6.58 Å². The summed E-state index contributed by atoms with van der Waals surface area (Å²) in [6, 6.07) is 6.85. The quantitative estimate of drug-likeness (QED) is 0.783. The molecule has 104 valence electrons. The molecule has 0 saturated heterocycles. The monoisotopic (exact) mass is 273 g/mol. The number of aliphatic carboxylic acids is 1. The van der Waals surface area contributed by atoms with Crippen LogP contribution >= 0.6 is 0 Å². The number of carboxylic acid groups (broad SMARTS) is 1. The molecule has 0 aromatic heterocycles. The molecule has 0 unspecified atom stereocenters. The van der Waals surface area contributed by atoms with Crippen LogP contribution in [0.3, 0.4) is 0 Å². The zero-order chi connectivity index (χ0) is 14.5. The third kappa shape index (κ3) is 4.40. The fourth-order valence-electron chi connectivity index (χ4n) is 1.65. The molecule has 3 nitrogen and oxygen atoms in total. The molecule has 2 N–H and O–H groups in total. The molecular weight excluding hydrogens is 259 g/mol. The van der Waals surface area contributed by atoms with E-state index < -0.39 is 24.1 Å². The molecule has 0 heterocycles. The van der Waals surface area contributed by atoms with Gasteiger partial charge in [0, 0.05) is 6.54 Å². The molecule has 1 rings (SSSR count). The van der Waals surface area contributed by atoms with E-state index in [4.69, 9.17) is 5.11 Å². The van der Waals surface area contributed by atoms with E-state index in [1.54, 1.807) is 30.3 Å².